The molecule has 1 heteroatoms. The second-order valence-electron chi connectivity index (χ2n) is 10.4. The predicted octanol–water partition coefficient (Wildman–Crippen LogP) is 7.30. The van der Waals surface area contributed by atoms with Crippen LogP contribution in [0.5, 0.6) is 0 Å². The van der Waals surface area contributed by atoms with Gasteiger partial charge in [0.05, 0.1) is 8.07 Å². The van der Waals surface area contributed by atoms with Crippen LogP contribution in [0.3, 0.4) is 0 Å². The van der Waals surface area contributed by atoms with Crippen molar-refractivity contribution in [3.63, 3.8) is 0 Å². The summed E-state index contributed by atoms with van der Waals surface area (Å²) in [6.45, 7) is 19.2. The lowest BCUT2D eigenvalue weighted by atomic mass is 9.83. The third kappa shape index (κ3) is 3.24. The van der Waals surface area contributed by atoms with Gasteiger partial charge in [0.1, 0.15) is 0 Å². The van der Waals surface area contributed by atoms with Crippen molar-refractivity contribution in [2.75, 3.05) is 0 Å². The summed E-state index contributed by atoms with van der Waals surface area (Å²) >= 11 is 0. The van der Waals surface area contributed by atoms with Gasteiger partial charge in [-0.15, -0.1) is 0 Å². The van der Waals surface area contributed by atoms with Gasteiger partial charge in [-0.1, -0.05) is 102 Å². The molecular weight excluding hydrogens is 316 g/mol. The molecule has 134 valence electrons. The van der Waals surface area contributed by atoms with Gasteiger partial charge in [0.2, 0.25) is 0 Å². The molecule has 0 saturated carbocycles. The summed E-state index contributed by atoms with van der Waals surface area (Å²) in [5.41, 5.74) is 7.17. The Kier molecular flexibility index (Phi) is 4.31. The van der Waals surface area contributed by atoms with Gasteiger partial charge >= 0.3 is 0 Å². The number of benzene rings is 1. The molecular formula is C24H34Si. The lowest BCUT2D eigenvalue weighted by molar-refractivity contribution is 0.518. The molecule has 0 fully saturated rings. The Balaban J connectivity index is 2.03. The van der Waals surface area contributed by atoms with Crippen LogP contribution >= 0.6 is 0 Å². The summed E-state index contributed by atoms with van der Waals surface area (Å²) in [5, 5.41) is 1.71. The fraction of sp³-hybridized carbons (Fsp3) is 0.500. The van der Waals surface area contributed by atoms with Crippen molar-refractivity contribution < 1.29 is 0 Å². The molecule has 0 heterocycles. The molecule has 0 nitrogen and oxygen atoms in total. The minimum absolute atomic E-state index is 0.203. The van der Waals surface area contributed by atoms with Crippen molar-refractivity contribution >= 4 is 13.6 Å². The molecule has 0 aliphatic heterocycles. The predicted molar refractivity (Wildman–Crippen MR) is 114 cm³/mol. The van der Waals surface area contributed by atoms with Gasteiger partial charge in [-0.25, -0.2) is 0 Å². The van der Waals surface area contributed by atoms with E-state index in [0.29, 0.717) is 5.54 Å². The molecule has 0 N–H and O–H groups in total. The molecule has 0 amide bonds. The first-order valence-corrected chi connectivity index (χ1v) is 12.7. The van der Waals surface area contributed by atoms with Crippen molar-refractivity contribution in [2.45, 2.75) is 66.6 Å². The van der Waals surface area contributed by atoms with Crippen LogP contribution in [0.15, 0.2) is 53.3 Å². The highest BCUT2D eigenvalue weighted by Crippen LogP contribution is 2.50. The van der Waals surface area contributed by atoms with Crippen LogP contribution < -0.4 is 0 Å². The highest BCUT2D eigenvalue weighted by molar-refractivity contribution is 6.86. The number of hydrogen-bond donors (Lipinski definition) is 0. The second-order valence-corrected chi connectivity index (χ2v) is 15.1. The van der Waals surface area contributed by atoms with Crippen LogP contribution in [0.25, 0.3) is 5.57 Å². The zero-order valence-corrected chi connectivity index (χ0v) is 18.3. The summed E-state index contributed by atoms with van der Waals surface area (Å²) in [6.07, 6.45) is 8.78. The second kappa shape index (κ2) is 5.84. The van der Waals surface area contributed by atoms with Gasteiger partial charge in [-0.2, -0.15) is 0 Å². The number of allylic oxidation sites excluding steroid dienone is 6. The number of fused-ring (bicyclic) bond motifs is 1. The Morgan fingerprint density at radius 2 is 1.56 bits per heavy atom. The zero-order chi connectivity index (χ0) is 18.6. The largest absolute Gasteiger partial charge is 0.0873 e. The zero-order valence-electron chi connectivity index (χ0n) is 17.3. The maximum atomic E-state index is 2.62. The van der Waals surface area contributed by atoms with E-state index in [0.717, 1.165) is 6.42 Å². The summed E-state index contributed by atoms with van der Waals surface area (Å²) in [6, 6.07) is 9.12. The molecule has 2 aliphatic carbocycles. The lowest BCUT2D eigenvalue weighted by Gasteiger charge is -2.31. The number of hydrogen-bond acceptors (Lipinski definition) is 0. The Morgan fingerprint density at radius 1 is 0.920 bits per heavy atom. The third-order valence-corrected chi connectivity index (χ3v) is 10.1. The molecule has 0 saturated heterocycles. The van der Waals surface area contributed by atoms with Crippen LogP contribution in [-0.4, -0.2) is 8.07 Å². The average molecular weight is 351 g/mol. The first-order chi connectivity index (χ1) is 11.4. The summed E-state index contributed by atoms with van der Waals surface area (Å²) in [4.78, 5) is 0. The molecule has 0 spiro atoms. The van der Waals surface area contributed by atoms with E-state index in [-0.39, 0.29) is 10.8 Å². The van der Waals surface area contributed by atoms with Crippen molar-refractivity contribution in [1.82, 2.24) is 0 Å². The van der Waals surface area contributed by atoms with E-state index in [2.05, 4.69) is 97.1 Å². The first-order valence-electron chi connectivity index (χ1n) is 9.65. The van der Waals surface area contributed by atoms with Gasteiger partial charge in [-0.05, 0) is 39.5 Å². The van der Waals surface area contributed by atoms with Crippen LogP contribution in [0.2, 0.25) is 13.1 Å². The third-order valence-electron chi connectivity index (χ3n) is 6.07. The minimum atomic E-state index is -1.60. The molecule has 1 aromatic carbocycles. The number of rotatable bonds is 2. The summed E-state index contributed by atoms with van der Waals surface area (Å²) in [5.74, 6) is 0. The Hall–Kier alpha value is -1.34. The van der Waals surface area contributed by atoms with Crippen LogP contribution in [0.1, 0.15) is 64.6 Å². The van der Waals surface area contributed by atoms with Gasteiger partial charge in [0.15, 0.2) is 0 Å². The summed E-state index contributed by atoms with van der Waals surface area (Å²) in [7, 11) is -1.60. The molecule has 1 unspecified atom stereocenters. The van der Waals surface area contributed by atoms with Gasteiger partial charge in [0, 0.05) is 5.54 Å². The molecule has 0 aromatic heterocycles. The van der Waals surface area contributed by atoms with Crippen LogP contribution in [0, 0.1) is 10.8 Å². The quantitative estimate of drug-likeness (QED) is 0.491. The Labute approximate surface area is 155 Å². The molecule has 1 aromatic rings. The normalized spacial score (nSPS) is 21.0. The smallest absolute Gasteiger partial charge is 0.0771 e. The molecule has 3 rings (SSSR count). The van der Waals surface area contributed by atoms with Crippen molar-refractivity contribution in [2.24, 2.45) is 10.8 Å². The minimum Gasteiger partial charge on any atom is -0.0771 e. The van der Waals surface area contributed by atoms with Gasteiger partial charge in [-0.3, -0.25) is 0 Å². The Morgan fingerprint density at radius 3 is 2.12 bits per heavy atom. The molecule has 25 heavy (non-hydrogen) atoms. The Bertz CT molecular complexity index is 773. The van der Waals surface area contributed by atoms with Gasteiger partial charge in [0.25, 0.3) is 0 Å². The van der Waals surface area contributed by atoms with E-state index < -0.39 is 8.07 Å². The maximum absolute atomic E-state index is 2.62. The first kappa shape index (κ1) is 18.4. The molecule has 2 aliphatic rings. The fourth-order valence-electron chi connectivity index (χ4n) is 4.31. The van der Waals surface area contributed by atoms with Crippen molar-refractivity contribution in [3.8, 4) is 0 Å². The van der Waals surface area contributed by atoms with Crippen molar-refractivity contribution in [1.29, 1.82) is 0 Å². The highest BCUT2D eigenvalue weighted by atomic mass is 28.3. The molecule has 1 atom stereocenters. The molecule has 0 radical (unpaired) electrons. The van der Waals surface area contributed by atoms with Gasteiger partial charge < -0.3 is 0 Å². The maximum Gasteiger partial charge on any atom is 0.0873 e. The molecule has 0 bridgehead atoms. The average Bonchev–Trinajstić information content (AvgIpc) is 3.12. The standard InChI is InChI=1S/C24H34Si/c1-23(2,3)17-13-14-18(15-17)25(7,8)22-16-21(24(4,5)6)19-11-9-10-12-20(19)22/h9-13,15-16,22H,14H2,1-8H3. The van der Waals surface area contributed by atoms with E-state index in [9.17, 15) is 0 Å². The van der Waals surface area contributed by atoms with E-state index in [1.165, 1.54) is 16.7 Å². The van der Waals surface area contributed by atoms with E-state index >= 15 is 0 Å². The van der Waals surface area contributed by atoms with E-state index in [1.54, 1.807) is 10.8 Å². The summed E-state index contributed by atoms with van der Waals surface area (Å²) < 4.78 is 0. The van der Waals surface area contributed by atoms with Crippen LogP contribution in [-0.2, 0) is 0 Å². The topological polar surface area (TPSA) is 0 Å². The van der Waals surface area contributed by atoms with Crippen molar-refractivity contribution in [3.05, 3.63) is 64.4 Å². The SMILES string of the molecule is CC(C)(C)C1=CCC([Si](C)(C)C2C=C(C(C)(C)C)c3ccccc32)=C1. The monoisotopic (exact) mass is 350 g/mol. The van der Waals surface area contributed by atoms with E-state index in [4.69, 9.17) is 0 Å². The lowest BCUT2D eigenvalue weighted by Crippen LogP contribution is -2.36. The highest BCUT2D eigenvalue weighted by Gasteiger charge is 2.42. The fourth-order valence-corrected chi connectivity index (χ4v) is 7.48. The van der Waals surface area contributed by atoms with Crippen LogP contribution in [0.4, 0.5) is 0 Å². The van der Waals surface area contributed by atoms with E-state index in [1.807, 2.05) is 0 Å².